The van der Waals surface area contributed by atoms with Gasteiger partial charge in [0.05, 0.1) is 12.2 Å². The first-order chi connectivity index (χ1) is 8.30. The summed E-state index contributed by atoms with van der Waals surface area (Å²) < 4.78 is 5.94. The Kier molecular flexibility index (Phi) is 3.23. The van der Waals surface area contributed by atoms with Crippen molar-refractivity contribution in [2.45, 2.75) is 83.8 Å². The van der Waals surface area contributed by atoms with E-state index in [1.165, 1.54) is 57.8 Å². The summed E-state index contributed by atoms with van der Waals surface area (Å²) in [7, 11) is 0. The molecule has 4 fully saturated rings. The first-order valence-electron chi connectivity index (χ1n) is 7.82. The minimum absolute atomic E-state index is 0.604. The van der Waals surface area contributed by atoms with Crippen LogP contribution in [0, 0.1) is 17.3 Å². The molecule has 3 unspecified atom stereocenters. The van der Waals surface area contributed by atoms with Gasteiger partial charge in [0.1, 0.15) is 0 Å². The van der Waals surface area contributed by atoms with Crippen molar-refractivity contribution in [2.75, 3.05) is 0 Å². The topological polar surface area (TPSA) is 12.5 Å². The fourth-order valence-corrected chi connectivity index (χ4v) is 4.51. The maximum Gasteiger partial charge on any atom is 0.0912 e. The van der Waals surface area contributed by atoms with E-state index in [0.29, 0.717) is 17.6 Å². The molecule has 3 saturated carbocycles. The Morgan fingerprint density at radius 2 is 1.88 bits per heavy atom. The molecule has 0 amide bonds. The van der Waals surface area contributed by atoms with Crippen LogP contribution in [0.5, 0.6) is 0 Å². The van der Waals surface area contributed by atoms with Crippen molar-refractivity contribution < 1.29 is 4.74 Å². The maximum absolute atomic E-state index is 5.94. The molecule has 4 rings (SSSR count). The highest BCUT2D eigenvalue weighted by Crippen LogP contribution is 2.64. The van der Waals surface area contributed by atoms with Crippen LogP contribution in [0.25, 0.3) is 0 Å². The first-order valence-corrected chi connectivity index (χ1v) is 7.82. The summed E-state index contributed by atoms with van der Waals surface area (Å²) >= 11 is 0. The van der Waals surface area contributed by atoms with Crippen LogP contribution in [0.2, 0.25) is 0 Å². The fourth-order valence-electron chi connectivity index (χ4n) is 4.51. The average Bonchev–Trinajstić information content (AvgIpc) is 3.16. The molecule has 0 aromatic heterocycles. The lowest BCUT2D eigenvalue weighted by atomic mass is 9.53. The molecule has 1 saturated heterocycles. The van der Waals surface area contributed by atoms with Crippen LogP contribution >= 0.6 is 0 Å². The van der Waals surface area contributed by atoms with Crippen molar-refractivity contribution in [3.63, 3.8) is 0 Å². The smallest absolute Gasteiger partial charge is 0.0912 e. The Hall–Kier alpha value is -0.0400. The zero-order valence-electron chi connectivity index (χ0n) is 11.5. The van der Waals surface area contributed by atoms with Crippen LogP contribution in [0.1, 0.15) is 71.6 Å². The monoisotopic (exact) mass is 235 g/mol. The van der Waals surface area contributed by atoms with E-state index >= 15 is 0 Å². The summed E-state index contributed by atoms with van der Waals surface area (Å²) in [6, 6.07) is 0. The number of fused-ring (bicyclic) bond motifs is 2. The van der Waals surface area contributed by atoms with Crippen molar-refractivity contribution in [3.8, 4) is 0 Å². The molecule has 3 aliphatic carbocycles. The zero-order chi connectivity index (χ0) is 11.9. The van der Waals surface area contributed by atoms with Gasteiger partial charge < -0.3 is 4.74 Å². The molecular formula is C16H27O. The molecule has 2 bridgehead atoms. The average molecular weight is 235 g/mol. The molecule has 97 valence electrons. The lowest BCUT2D eigenvalue weighted by molar-refractivity contribution is 0.104. The third-order valence-electron chi connectivity index (χ3n) is 5.47. The molecule has 1 nitrogen and oxygen atoms in total. The number of hydrogen-bond donors (Lipinski definition) is 0. The number of ether oxygens (including phenoxy) is 1. The minimum atomic E-state index is 0.604. The van der Waals surface area contributed by atoms with Crippen molar-refractivity contribution in [2.24, 2.45) is 11.3 Å². The van der Waals surface area contributed by atoms with E-state index in [-0.39, 0.29) is 0 Å². The number of rotatable bonds is 6. The molecule has 1 aliphatic heterocycles. The molecule has 1 heterocycles. The zero-order valence-corrected chi connectivity index (χ0v) is 11.5. The molecular weight excluding hydrogens is 208 g/mol. The van der Waals surface area contributed by atoms with Gasteiger partial charge in [0.2, 0.25) is 0 Å². The van der Waals surface area contributed by atoms with Crippen molar-refractivity contribution in [1.29, 1.82) is 0 Å². The predicted octanol–water partition coefficient (Wildman–Crippen LogP) is 4.51. The number of unbranched alkanes of at least 4 members (excludes halogenated alkanes) is 2. The van der Waals surface area contributed by atoms with Crippen LogP contribution in [0.4, 0.5) is 0 Å². The van der Waals surface area contributed by atoms with Gasteiger partial charge in [-0.1, -0.05) is 39.5 Å². The van der Waals surface area contributed by atoms with E-state index in [2.05, 4.69) is 13.8 Å². The van der Waals surface area contributed by atoms with E-state index < -0.39 is 0 Å². The van der Waals surface area contributed by atoms with E-state index in [9.17, 15) is 0 Å². The number of hydrogen-bond acceptors (Lipinski definition) is 1. The van der Waals surface area contributed by atoms with Gasteiger partial charge in [-0.25, -0.2) is 0 Å². The Labute approximate surface area is 106 Å². The lowest BCUT2D eigenvalue weighted by Crippen LogP contribution is -2.45. The standard InChI is InChI=1S/C16H27O/c1-3-5-9-16(10-6-4-2)11-12-7-8-13(16)15-14(12)17-15/h12,14-15H,3-11H2,1-2H3. The molecule has 0 aromatic rings. The van der Waals surface area contributed by atoms with Gasteiger partial charge in [-0.3, -0.25) is 0 Å². The third kappa shape index (κ3) is 1.95. The molecule has 0 spiro atoms. The predicted molar refractivity (Wildman–Crippen MR) is 70.7 cm³/mol. The highest BCUT2D eigenvalue weighted by atomic mass is 16.6. The second kappa shape index (κ2) is 4.57. The normalized spacial score (nSPS) is 38.1. The molecule has 1 radical (unpaired) electrons. The maximum atomic E-state index is 5.94. The number of epoxide rings is 1. The summed E-state index contributed by atoms with van der Waals surface area (Å²) in [5.74, 6) is 2.75. The van der Waals surface area contributed by atoms with Gasteiger partial charge >= 0.3 is 0 Å². The highest BCUT2D eigenvalue weighted by molar-refractivity contribution is 5.27. The van der Waals surface area contributed by atoms with Crippen LogP contribution < -0.4 is 0 Å². The van der Waals surface area contributed by atoms with Crippen LogP contribution in [0.15, 0.2) is 0 Å². The molecule has 0 N–H and O–H groups in total. The molecule has 17 heavy (non-hydrogen) atoms. The van der Waals surface area contributed by atoms with E-state index in [0.717, 1.165) is 5.92 Å². The Bertz CT molecular complexity index is 265. The summed E-state index contributed by atoms with van der Waals surface area (Å²) in [6.45, 7) is 4.66. The van der Waals surface area contributed by atoms with Gasteiger partial charge in [0.25, 0.3) is 0 Å². The van der Waals surface area contributed by atoms with E-state index in [1.807, 2.05) is 5.92 Å². The quantitative estimate of drug-likeness (QED) is 0.617. The SMILES string of the molecule is CCCCC1(CCCC)CC2CC[C]1C1OC21. The summed E-state index contributed by atoms with van der Waals surface area (Å²) in [5, 5.41) is 0. The molecule has 3 atom stereocenters. The molecule has 4 aliphatic rings. The summed E-state index contributed by atoms with van der Waals surface area (Å²) in [6.07, 6.45) is 14.0. The van der Waals surface area contributed by atoms with E-state index in [1.54, 1.807) is 0 Å². The highest BCUT2D eigenvalue weighted by Gasteiger charge is 2.64. The van der Waals surface area contributed by atoms with Gasteiger partial charge in [-0.05, 0) is 43.4 Å². The van der Waals surface area contributed by atoms with Gasteiger partial charge in [-0.2, -0.15) is 0 Å². The van der Waals surface area contributed by atoms with Crippen molar-refractivity contribution in [3.05, 3.63) is 5.92 Å². The largest absolute Gasteiger partial charge is 0.369 e. The van der Waals surface area contributed by atoms with Crippen LogP contribution in [-0.2, 0) is 4.74 Å². The third-order valence-corrected chi connectivity index (χ3v) is 5.47. The van der Waals surface area contributed by atoms with Gasteiger partial charge in [0.15, 0.2) is 0 Å². The van der Waals surface area contributed by atoms with Crippen LogP contribution in [0.3, 0.4) is 0 Å². The summed E-state index contributed by atoms with van der Waals surface area (Å²) in [5.41, 5.74) is 0.604. The molecule has 0 aromatic carbocycles. The summed E-state index contributed by atoms with van der Waals surface area (Å²) in [4.78, 5) is 0. The Balaban J connectivity index is 1.74. The first kappa shape index (κ1) is 12.0. The Morgan fingerprint density at radius 3 is 2.47 bits per heavy atom. The second-order valence-corrected chi connectivity index (χ2v) is 6.54. The van der Waals surface area contributed by atoms with Gasteiger partial charge in [0, 0.05) is 5.92 Å². The molecule has 1 heteroatoms. The van der Waals surface area contributed by atoms with Crippen molar-refractivity contribution in [1.82, 2.24) is 0 Å². The Morgan fingerprint density at radius 1 is 1.18 bits per heavy atom. The second-order valence-electron chi connectivity index (χ2n) is 6.54. The van der Waals surface area contributed by atoms with Crippen molar-refractivity contribution >= 4 is 0 Å². The fraction of sp³-hybridized carbons (Fsp3) is 0.938. The lowest BCUT2D eigenvalue weighted by Gasteiger charge is -2.50. The van der Waals surface area contributed by atoms with Gasteiger partial charge in [-0.15, -0.1) is 0 Å². The van der Waals surface area contributed by atoms with Crippen LogP contribution in [-0.4, -0.2) is 12.2 Å². The van der Waals surface area contributed by atoms with E-state index in [4.69, 9.17) is 4.74 Å². The minimum Gasteiger partial charge on any atom is -0.369 e.